The third kappa shape index (κ3) is 3.27. The number of aliphatic hydroxyl groups is 1. The van der Waals surface area contributed by atoms with Gasteiger partial charge in [0.2, 0.25) is 5.91 Å². The van der Waals surface area contributed by atoms with Crippen LogP contribution in [-0.2, 0) is 4.79 Å². The molecule has 2 aromatic rings. The van der Waals surface area contributed by atoms with E-state index in [1.54, 1.807) is 0 Å². The number of amides is 1. The number of imidazole rings is 1. The minimum Gasteiger partial charge on any atom is -0.393 e. The molecule has 4 heterocycles. The van der Waals surface area contributed by atoms with E-state index in [0.717, 1.165) is 42.9 Å². The first kappa shape index (κ1) is 18.2. The molecule has 0 bridgehead atoms. The molecule has 1 fully saturated rings. The van der Waals surface area contributed by atoms with Crippen molar-refractivity contribution in [3.8, 4) is 11.3 Å². The molecule has 144 valence electrons. The molecule has 2 aliphatic rings. The van der Waals surface area contributed by atoms with Crippen molar-refractivity contribution in [1.82, 2.24) is 19.4 Å². The average molecular weight is 368 g/mol. The first-order chi connectivity index (χ1) is 12.9. The van der Waals surface area contributed by atoms with E-state index in [4.69, 9.17) is 0 Å². The number of carbonyl (C=O) groups excluding carboxylic acids is 1. The van der Waals surface area contributed by atoms with Gasteiger partial charge in [-0.1, -0.05) is 20.8 Å². The molecule has 1 saturated heterocycles. The zero-order valence-electron chi connectivity index (χ0n) is 16.3. The van der Waals surface area contributed by atoms with Crippen LogP contribution in [0.2, 0.25) is 0 Å². The van der Waals surface area contributed by atoms with Crippen LogP contribution in [-0.4, -0.2) is 49.6 Å². The fourth-order valence-corrected chi connectivity index (χ4v) is 4.40. The topological polar surface area (TPSA) is 71.2 Å². The predicted octanol–water partition coefficient (Wildman–Crippen LogP) is 2.88. The van der Waals surface area contributed by atoms with Crippen LogP contribution in [0.1, 0.15) is 51.8 Å². The van der Waals surface area contributed by atoms with Crippen LogP contribution < -0.4 is 0 Å². The van der Waals surface area contributed by atoms with E-state index in [9.17, 15) is 9.90 Å². The van der Waals surface area contributed by atoms with Crippen LogP contribution >= 0.6 is 0 Å². The summed E-state index contributed by atoms with van der Waals surface area (Å²) in [6.07, 6.45) is 7.43. The van der Waals surface area contributed by atoms with Gasteiger partial charge in [-0.15, -0.1) is 0 Å². The van der Waals surface area contributed by atoms with Gasteiger partial charge in [0.1, 0.15) is 0 Å². The van der Waals surface area contributed by atoms with E-state index in [1.165, 1.54) is 0 Å². The Balaban J connectivity index is 1.43. The molecular weight excluding hydrogens is 340 g/mol. The highest BCUT2D eigenvalue weighted by atomic mass is 16.3. The van der Waals surface area contributed by atoms with Crippen molar-refractivity contribution in [2.45, 2.75) is 52.2 Å². The molecule has 0 aromatic carbocycles. The van der Waals surface area contributed by atoms with Gasteiger partial charge in [0, 0.05) is 36.7 Å². The number of likely N-dealkylation sites (tertiary alicyclic amines) is 1. The minimum atomic E-state index is -0.412. The molecule has 1 N–H and O–H groups in total. The van der Waals surface area contributed by atoms with Gasteiger partial charge < -0.3 is 14.6 Å². The molecule has 2 aliphatic heterocycles. The maximum atomic E-state index is 12.5. The Labute approximate surface area is 160 Å². The third-order valence-electron chi connectivity index (χ3n) is 5.91. The number of rotatable bonds is 3. The van der Waals surface area contributed by atoms with Crippen LogP contribution in [0.5, 0.6) is 0 Å². The zero-order valence-corrected chi connectivity index (χ0v) is 16.3. The molecule has 2 aromatic heterocycles. The number of fused-ring (bicyclic) bond motifs is 3. The van der Waals surface area contributed by atoms with Gasteiger partial charge in [-0.05, 0) is 30.9 Å². The van der Waals surface area contributed by atoms with E-state index in [0.29, 0.717) is 6.42 Å². The van der Waals surface area contributed by atoms with Crippen molar-refractivity contribution in [3.05, 3.63) is 36.5 Å². The van der Waals surface area contributed by atoms with E-state index < -0.39 is 6.10 Å². The van der Waals surface area contributed by atoms with Crippen molar-refractivity contribution in [3.63, 3.8) is 0 Å². The van der Waals surface area contributed by atoms with Crippen LogP contribution in [0, 0.1) is 11.3 Å². The number of aliphatic hydroxyl groups excluding tert-OH is 1. The SMILES string of the molecule is CC(C)(C)C(=O)N1CCC(C(O)CC2c3ncccc3-c3cncn32)CC1. The van der Waals surface area contributed by atoms with Crippen molar-refractivity contribution >= 4 is 5.91 Å². The lowest BCUT2D eigenvalue weighted by Gasteiger charge is -2.37. The smallest absolute Gasteiger partial charge is 0.227 e. The Morgan fingerprint density at radius 1 is 1.33 bits per heavy atom. The quantitative estimate of drug-likeness (QED) is 0.904. The van der Waals surface area contributed by atoms with Crippen molar-refractivity contribution in [2.24, 2.45) is 11.3 Å². The summed E-state index contributed by atoms with van der Waals surface area (Å²) >= 11 is 0. The van der Waals surface area contributed by atoms with E-state index in [-0.39, 0.29) is 23.3 Å². The molecule has 2 atom stereocenters. The van der Waals surface area contributed by atoms with Gasteiger partial charge in [-0.2, -0.15) is 0 Å². The lowest BCUT2D eigenvalue weighted by Crippen LogP contribution is -2.45. The second-order valence-electron chi connectivity index (χ2n) is 8.82. The number of hydrogen-bond acceptors (Lipinski definition) is 4. The molecule has 0 spiro atoms. The minimum absolute atomic E-state index is 0.0305. The van der Waals surface area contributed by atoms with Crippen LogP contribution in [0.25, 0.3) is 11.3 Å². The van der Waals surface area contributed by atoms with Crippen molar-refractivity contribution in [2.75, 3.05) is 13.1 Å². The Morgan fingerprint density at radius 3 is 2.78 bits per heavy atom. The molecule has 0 aliphatic carbocycles. The lowest BCUT2D eigenvalue weighted by molar-refractivity contribution is -0.141. The van der Waals surface area contributed by atoms with Gasteiger partial charge in [-0.3, -0.25) is 9.78 Å². The number of carbonyl (C=O) groups is 1. The molecule has 27 heavy (non-hydrogen) atoms. The molecular formula is C21H28N4O2. The molecule has 1 amide bonds. The van der Waals surface area contributed by atoms with Crippen LogP contribution in [0.15, 0.2) is 30.9 Å². The predicted molar refractivity (Wildman–Crippen MR) is 103 cm³/mol. The Hall–Kier alpha value is -2.21. The maximum Gasteiger partial charge on any atom is 0.227 e. The summed E-state index contributed by atoms with van der Waals surface area (Å²) in [6, 6.07) is 4.04. The van der Waals surface area contributed by atoms with E-state index in [2.05, 4.69) is 20.6 Å². The number of pyridine rings is 1. The summed E-state index contributed by atoms with van der Waals surface area (Å²) in [7, 11) is 0. The summed E-state index contributed by atoms with van der Waals surface area (Å²) in [4.78, 5) is 23.3. The number of aromatic nitrogens is 3. The van der Waals surface area contributed by atoms with Gasteiger partial charge in [0.05, 0.1) is 36.1 Å². The summed E-state index contributed by atoms with van der Waals surface area (Å²) in [5.74, 6) is 0.418. The highest BCUT2D eigenvalue weighted by Crippen LogP contribution is 2.41. The van der Waals surface area contributed by atoms with Gasteiger partial charge >= 0.3 is 0 Å². The van der Waals surface area contributed by atoms with E-state index >= 15 is 0 Å². The number of piperidine rings is 1. The Kier molecular flexibility index (Phi) is 4.54. The zero-order chi connectivity index (χ0) is 19.2. The molecule has 0 radical (unpaired) electrons. The summed E-state index contributed by atoms with van der Waals surface area (Å²) in [6.45, 7) is 7.35. The van der Waals surface area contributed by atoms with Gasteiger partial charge in [-0.25, -0.2) is 4.98 Å². The second-order valence-corrected chi connectivity index (χ2v) is 8.82. The third-order valence-corrected chi connectivity index (χ3v) is 5.91. The first-order valence-electron chi connectivity index (χ1n) is 9.81. The second kappa shape index (κ2) is 6.75. The summed E-state index contributed by atoms with van der Waals surface area (Å²) in [5.41, 5.74) is 2.86. The lowest BCUT2D eigenvalue weighted by atomic mass is 9.86. The summed E-state index contributed by atoms with van der Waals surface area (Å²) < 4.78 is 2.12. The van der Waals surface area contributed by atoms with Crippen LogP contribution in [0.4, 0.5) is 0 Å². The maximum absolute atomic E-state index is 12.5. The average Bonchev–Trinajstić information content (AvgIpc) is 3.23. The normalized spacial score (nSPS) is 21.0. The van der Waals surface area contributed by atoms with Gasteiger partial charge in [0.25, 0.3) is 0 Å². The largest absolute Gasteiger partial charge is 0.393 e. The number of hydrogen-bond donors (Lipinski definition) is 1. The Bertz CT molecular complexity index is 831. The molecule has 6 nitrogen and oxygen atoms in total. The first-order valence-corrected chi connectivity index (χ1v) is 9.81. The van der Waals surface area contributed by atoms with Crippen molar-refractivity contribution < 1.29 is 9.90 Å². The molecule has 6 heteroatoms. The Morgan fingerprint density at radius 2 is 2.07 bits per heavy atom. The van der Waals surface area contributed by atoms with E-state index in [1.807, 2.05) is 50.5 Å². The fourth-order valence-electron chi connectivity index (χ4n) is 4.40. The molecule has 4 rings (SSSR count). The summed E-state index contributed by atoms with van der Waals surface area (Å²) in [5, 5.41) is 10.9. The fraction of sp³-hybridized carbons (Fsp3) is 0.571. The van der Waals surface area contributed by atoms with Gasteiger partial charge in [0.15, 0.2) is 0 Å². The van der Waals surface area contributed by atoms with Crippen LogP contribution in [0.3, 0.4) is 0 Å². The van der Waals surface area contributed by atoms with Crippen molar-refractivity contribution in [1.29, 1.82) is 0 Å². The molecule has 0 saturated carbocycles. The standard InChI is InChI=1S/C21H28N4O2/c1-21(2,3)20(27)24-9-6-14(7-10-24)18(26)11-16-19-15(5-4-8-23-19)17-12-22-13-25(16)17/h4-5,8,12-14,16,18,26H,6-7,9-11H2,1-3H3. The highest BCUT2D eigenvalue weighted by Gasteiger charge is 2.36. The molecule has 2 unspecified atom stereocenters. The monoisotopic (exact) mass is 368 g/mol. The highest BCUT2D eigenvalue weighted by molar-refractivity contribution is 5.81. The number of nitrogens with zero attached hydrogens (tertiary/aromatic N) is 4.